The number of carbonyl (C=O) groups excluding carboxylic acids is 1. The fourth-order valence-electron chi connectivity index (χ4n) is 1.42. The maximum atomic E-state index is 11.7. The van der Waals surface area contributed by atoms with Gasteiger partial charge in [0.25, 0.3) is 0 Å². The highest BCUT2D eigenvalue weighted by atomic mass is 17.2. The molecular formula is C13H17O4. The van der Waals surface area contributed by atoms with E-state index in [-0.39, 0.29) is 0 Å². The van der Waals surface area contributed by atoms with Crippen molar-refractivity contribution in [2.24, 2.45) is 0 Å². The summed E-state index contributed by atoms with van der Waals surface area (Å²) in [6.45, 7) is 5.80. The molecular weight excluding hydrogens is 220 g/mol. The molecule has 1 radical (unpaired) electrons. The third kappa shape index (κ3) is 4.17. The molecule has 0 saturated carbocycles. The molecule has 4 heteroatoms. The van der Waals surface area contributed by atoms with Crippen LogP contribution in [0.5, 0.6) is 0 Å². The molecule has 0 spiro atoms. The van der Waals surface area contributed by atoms with Gasteiger partial charge in [-0.15, -0.1) is 0 Å². The van der Waals surface area contributed by atoms with Crippen LogP contribution in [0.15, 0.2) is 18.2 Å². The number of methoxy groups -OCH3 is 1. The van der Waals surface area contributed by atoms with Gasteiger partial charge < -0.3 is 4.74 Å². The Kier molecular flexibility index (Phi) is 5.12. The molecule has 0 aliphatic heterocycles. The lowest BCUT2D eigenvalue weighted by atomic mass is 10.1. The molecule has 1 aromatic rings. The second-order valence-corrected chi connectivity index (χ2v) is 3.91. The van der Waals surface area contributed by atoms with Crippen molar-refractivity contribution in [1.29, 1.82) is 0 Å². The van der Waals surface area contributed by atoms with Crippen LogP contribution < -0.4 is 0 Å². The van der Waals surface area contributed by atoms with E-state index in [1.165, 1.54) is 0 Å². The van der Waals surface area contributed by atoms with Crippen LogP contribution in [-0.4, -0.2) is 19.7 Å². The quantitative estimate of drug-likeness (QED) is 0.583. The predicted molar refractivity (Wildman–Crippen MR) is 63.2 cm³/mol. The van der Waals surface area contributed by atoms with Crippen molar-refractivity contribution in [2.45, 2.75) is 20.8 Å². The van der Waals surface area contributed by atoms with E-state index in [2.05, 4.69) is 0 Å². The van der Waals surface area contributed by atoms with Gasteiger partial charge in [-0.05, 0) is 32.4 Å². The van der Waals surface area contributed by atoms with Crippen molar-refractivity contribution in [2.75, 3.05) is 13.7 Å². The summed E-state index contributed by atoms with van der Waals surface area (Å²) >= 11 is 0. The molecule has 0 atom stereocenters. The van der Waals surface area contributed by atoms with Crippen molar-refractivity contribution in [3.8, 4) is 0 Å². The molecule has 1 rings (SSSR count). The second kappa shape index (κ2) is 6.37. The summed E-state index contributed by atoms with van der Waals surface area (Å²) in [4.78, 5) is 21.2. The average molecular weight is 237 g/mol. The molecule has 4 nitrogen and oxygen atoms in total. The fourth-order valence-corrected chi connectivity index (χ4v) is 1.42. The van der Waals surface area contributed by atoms with E-state index in [4.69, 9.17) is 14.5 Å². The zero-order valence-electron chi connectivity index (χ0n) is 10.6. The molecule has 0 aliphatic rings. The van der Waals surface area contributed by atoms with Gasteiger partial charge in [0.05, 0.1) is 12.2 Å². The Labute approximate surface area is 101 Å². The molecule has 0 aliphatic carbocycles. The maximum Gasteiger partial charge on any atom is 0.373 e. The zero-order chi connectivity index (χ0) is 12.8. The van der Waals surface area contributed by atoms with Gasteiger partial charge in [-0.25, -0.2) is 4.79 Å². The van der Waals surface area contributed by atoms with Gasteiger partial charge in [-0.2, -0.15) is 4.89 Å². The van der Waals surface area contributed by atoms with Gasteiger partial charge in [0, 0.05) is 7.11 Å². The van der Waals surface area contributed by atoms with E-state index in [1.807, 2.05) is 26.0 Å². The Hall–Kier alpha value is -1.39. The summed E-state index contributed by atoms with van der Waals surface area (Å²) < 4.78 is 4.83. The van der Waals surface area contributed by atoms with E-state index < -0.39 is 5.97 Å². The Bertz CT molecular complexity index is 387. The number of hydrogen-bond acceptors (Lipinski definition) is 4. The standard InChI is InChI=1S/C13H17O4/c1-9-5-6-12(10(2)7-9)13(14)17-16-11(3)8-15-4/h5-7H,8H2,1-4H3. The van der Waals surface area contributed by atoms with Crippen LogP contribution in [0.3, 0.4) is 0 Å². The highest BCUT2D eigenvalue weighted by molar-refractivity contribution is 5.90. The minimum atomic E-state index is -0.502. The second-order valence-electron chi connectivity index (χ2n) is 3.91. The number of ether oxygens (including phenoxy) is 1. The Morgan fingerprint density at radius 2 is 1.94 bits per heavy atom. The molecule has 17 heavy (non-hydrogen) atoms. The van der Waals surface area contributed by atoms with Crippen molar-refractivity contribution in [3.63, 3.8) is 0 Å². The van der Waals surface area contributed by atoms with Crippen molar-refractivity contribution in [1.82, 2.24) is 0 Å². The Morgan fingerprint density at radius 1 is 1.24 bits per heavy atom. The lowest BCUT2D eigenvalue weighted by molar-refractivity contribution is -0.237. The normalized spacial score (nSPS) is 10.6. The van der Waals surface area contributed by atoms with Gasteiger partial charge in [0.2, 0.25) is 0 Å². The lowest BCUT2D eigenvalue weighted by Crippen LogP contribution is -2.12. The molecule has 0 saturated heterocycles. The van der Waals surface area contributed by atoms with Crippen molar-refractivity contribution < 1.29 is 19.3 Å². The minimum Gasteiger partial charge on any atom is -0.381 e. The SMILES string of the molecule is COC[C](C)OOC(=O)c1ccc(C)cc1C. The van der Waals surface area contributed by atoms with Crippen LogP contribution in [0, 0.1) is 20.0 Å². The number of carbonyl (C=O) groups is 1. The van der Waals surface area contributed by atoms with Crippen molar-refractivity contribution in [3.05, 3.63) is 41.0 Å². The number of benzene rings is 1. The zero-order valence-corrected chi connectivity index (χ0v) is 10.6. The smallest absolute Gasteiger partial charge is 0.373 e. The average Bonchev–Trinajstić information content (AvgIpc) is 2.26. The van der Waals surface area contributed by atoms with Crippen LogP contribution in [-0.2, 0) is 14.5 Å². The van der Waals surface area contributed by atoms with Crippen LogP contribution in [0.4, 0.5) is 0 Å². The first kappa shape index (κ1) is 13.7. The van der Waals surface area contributed by atoms with Crippen LogP contribution in [0.25, 0.3) is 0 Å². The van der Waals surface area contributed by atoms with Gasteiger partial charge in [-0.1, -0.05) is 17.7 Å². The highest BCUT2D eigenvalue weighted by Gasteiger charge is 2.14. The molecule has 0 amide bonds. The Morgan fingerprint density at radius 3 is 2.53 bits per heavy atom. The first-order valence-electron chi connectivity index (χ1n) is 5.32. The van der Waals surface area contributed by atoms with Gasteiger partial charge in [0.1, 0.15) is 0 Å². The molecule has 0 fully saturated rings. The molecule has 93 valence electrons. The highest BCUT2D eigenvalue weighted by Crippen LogP contribution is 2.13. The van der Waals surface area contributed by atoms with E-state index in [0.717, 1.165) is 11.1 Å². The van der Waals surface area contributed by atoms with E-state index in [9.17, 15) is 4.79 Å². The van der Waals surface area contributed by atoms with E-state index in [1.54, 1.807) is 20.1 Å². The molecule has 0 aromatic heterocycles. The largest absolute Gasteiger partial charge is 0.381 e. The van der Waals surface area contributed by atoms with Crippen LogP contribution >= 0.6 is 0 Å². The van der Waals surface area contributed by atoms with Crippen LogP contribution in [0.2, 0.25) is 0 Å². The number of rotatable bonds is 5. The summed E-state index contributed by atoms with van der Waals surface area (Å²) in [7, 11) is 1.54. The topological polar surface area (TPSA) is 44.8 Å². The molecule has 0 heterocycles. The number of hydrogen-bond donors (Lipinski definition) is 0. The first-order valence-corrected chi connectivity index (χ1v) is 5.32. The van der Waals surface area contributed by atoms with Crippen molar-refractivity contribution >= 4 is 5.97 Å². The minimum absolute atomic E-state index is 0.292. The summed E-state index contributed by atoms with van der Waals surface area (Å²) in [6.07, 6.45) is 0.491. The first-order chi connectivity index (χ1) is 8.04. The van der Waals surface area contributed by atoms with Crippen LogP contribution in [0.1, 0.15) is 28.4 Å². The number of aryl methyl sites for hydroxylation is 2. The Balaban J connectivity index is 2.58. The fraction of sp³-hybridized carbons (Fsp3) is 0.385. The summed E-state index contributed by atoms with van der Waals surface area (Å²) in [5.41, 5.74) is 2.46. The molecule has 1 aromatic carbocycles. The van der Waals surface area contributed by atoms with Gasteiger partial charge >= 0.3 is 5.97 Å². The van der Waals surface area contributed by atoms with E-state index in [0.29, 0.717) is 18.3 Å². The monoisotopic (exact) mass is 237 g/mol. The predicted octanol–water partition coefficient (Wildman–Crippen LogP) is 2.59. The third-order valence-corrected chi connectivity index (χ3v) is 2.21. The molecule has 0 unspecified atom stereocenters. The molecule has 0 N–H and O–H groups in total. The lowest BCUT2D eigenvalue weighted by Gasteiger charge is -2.10. The summed E-state index contributed by atoms with van der Waals surface area (Å²) in [6, 6.07) is 5.50. The summed E-state index contributed by atoms with van der Waals surface area (Å²) in [5.74, 6) is -0.502. The van der Waals surface area contributed by atoms with Gasteiger partial charge in [0.15, 0.2) is 6.10 Å². The maximum absolute atomic E-state index is 11.7. The molecule has 0 bridgehead atoms. The third-order valence-electron chi connectivity index (χ3n) is 2.21. The summed E-state index contributed by atoms with van der Waals surface area (Å²) in [5, 5.41) is 0. The van der Waals surface area contributed by atoms with Gasteiger partial charge in [-0.3, -0.25) is 4.89 Å². The van der Waals surface area contributed by atoms with E-state index >= 15 is 0 Å².